The minimum absolute atomic E-state index is 0. The normalized spacial score (nSPS) is 9.00. The first-order valence-corrected chi connectivity index (χ1v) is 3.30. The van der Waals surface area contributed by atoms with Crippen molar-refractivity contribution in [3.63, 3.8) is 0 Å². The predicted molar refractivity (Wildman–Crippen MR) is 41.2 cm³/mol. The van der Waals surface area contributed by atoms with Gasteiger partial charge in [-0.25, -0.2) is 0 Å². The van der Waals surface area contributed by atoms with Crippen LogP contribution in [0.5, 0.6) is 5.75 Å². The smallest absolute Gasteiger partial charge is 0.534 e. The Bertz CT molecular complexity index is 233. The Labute approximate surface area is 92.7 Å². The molecule has 0 atom stereocenters. The molecule has 0 aliphatic carbocycles. The maximum atomic E-state index is 9.23. The Morgan fingerprint density at radius 1 is 1.27 bits per heavy atom. The van der Waals surface area contributed by atoms with E-state index in [1.807, 2.05) is 26.8 Å². The molecule has 2 heteroatoms. The molecular formula is C9H11OY+2. The number of hydrogen-bond acceptors (Lipinski definition) is 1. The van der Waals surface area contributed by atoms with Crippen molar-refractivity contribution in [3.8, 4) is 5.75 Å². The van der Waals surface area contributed by atoms with Crippen LogP contribution in [-0.2, 0) is 32.7 Å². The molecule has 0 spiro atoms. The van der Waals surface area contributed by atoms with E-state index >= 15 is 0 Å². The molecule has 0 fully saturated rings. The van der Waals surface area contributed by atoms with Gasteiger partial charge in [-0.2, -0.15) is 17.2 Å². The van der Waals surface area contributed by atoms with Crippen molar-refractivity contribution in [3.05, 3.63) is 28.8 Å². The minimum atomic E-state index is 0. The van der Waals surface area contributed by atoms with Crippen molar-refractivity contribution < 1.29 is 37.8 Å². The van der Waals surface area contributed by atoms with Gasteiger partial charge in [0.25, 0.3) is 0 Å². The zero-order valence-electron chi connectivity index (χ0n) is 7.10. The average molecular weight is 224 g/mol. The number of phenols is 1. The zero-order chi connectivity index (χ0) is 7.72. The van der Waals surface area contributed by atoms with Crippen LogP contribution in [0.25, 0.3) is 0 Å². The largest absolute Gasteiger partial charge is 3.00 e. The van der Waals surface area contributed by atoms with Gasteiger partial charge in [-0.3, -0.25) is 0 Å². The molecule has 1 N–H and O–H groups in total. The van der Waals surface area contributed by atoms with Crippen LogP contribution in [0, 0.1) is 26.8 Å². The van der Waals surface area contributed by atoms with E-state index in [-0.39, 0.29) is 38.5 Å². The molecule has 1 nitrogen and oxygen atoms in total. The summed E-state index contributed by atoms with van der Waals surface area (Å²) in [5.41, 5.74) is 3.03. The molecule has 0 aromatic heterocycles. The van der Waals surface area contributed by atoms with E-state index in [1.165, 1.54) is 0 Å². The Balaban J connectivity index is 0.000001000. The van der Waals surface area contributed by atoms with Crippen molar-refractivity contribution in [2.45, 2.75) is 20.8 Å². The van der Waals surface area contributed by atoms with Gasteiger partial charge in [0.2, 0.25) is 0 Å². The van der Waals surface area contributed by atoms with E-state index < -0.39 is 0 Å². The maximum Gasteiger partial charge on any atom is 3.00 e. The first kappa shape index (κ1) is 11.1. The van der Waals surface area contributed by atoms with Crippen molar-refractivity contribution in [2.24, 2.45) is 0 Å². The summed E-state index contributed by atoms with van der Waals surface area (Å²) in [6.45, 7) is 5.79. The van der Waals surface area contributed by atoms with Gasteiger partial charge < -0.3 is 5.11 Å². The summed E-state index contributed by atoms with van der Waals surface area (Å²) in [6, 6.07) is 4.84. The second-order valence-corrected chi connectivity index (χ2v) is 2.61. The first-order chi connectivity index (χ1) is 4.61. The van der Waals surface area contributed by atoms with Gasteiger partial charge in [-0.05, 0) is 0 Å². The Morgan fingerprint density at radius 3 is 2.27 bits per heavy atom. The number of hydrogen-bond donors (Lipinski definition) is 1. The molecular weight excluding hydrogens is 213 g/mol. The molecule has 0 saturated carbocycles. The second-order valence-electron chi connectivity index (χ2n) is 2.61. The SMILES string of the molecule is Cc1[c-]c(O)c(C)c(C)c1.[Y+3]. The van der Waals surface area contributed by atoms with Crippen molar-refractivity contribution in [1.29, 1.82) is 0 Å². The number of aryl methyl sites for hydroxylation is 2. The summed E-state index contributed by atoms with van der Waals surface area (Å²) in [7, 11) is 0. The molecule has 1 aromatic carbocycles. The van der Waals surface area contributed by atoms with Crippen molar-refractivity contribution >= 4 is 0 Å². The summed E-state index contributed by atoms with van der Waals surface area (Å²) < 4.78 is 0. The van der Waals surface area contributed by atoms with E-state index in [0.29, 0.717) is 0 Å². The van der Waals surface area contributed by atoms with E-state index in [2.05, 4.69) is 6.07 Å². The fourth-order valence-electron chi connectivity index (χ4n) is 0.936. The van der Waals surface area contributed by atoms with Crippen LogP contribution in [0.3, 0.4) is 0 Å². The van der Waals surface area contributed by atoms with Gasteiger partial charge in [-0.15, -0.1) is 11.6 Å². The van der Waals surface area contributed by atoms with Crippen LogP contribution in [0.15, 0.2) is 6.07 Å². The maximum absolute atomic E-state index is 9.23. The standard InChI is InChI=1S/C9H11O.Y/c1-6-4-7(2)8(3)9(10)5-6;/h4,10H,1-3H3;/q-1;+3. The van der Waals surface area contributed by atoms with Crippen LogP contribution in [-0.4, -0.2) is 5.11 Å². The minimum Gasteiger partial charge on any atom is -0.534 e. The molecule has 54 valence electrons. The number of rotatable bonds is 0. The molecule has 1 rings (SSSR count). The van der Waals surface area contributed by atoms with Crippen LogP contribution < -0.4 is 0 Å². The van der Waals surface area contributed by atoms with E-state index in [4.69, 9.17) is 0 Å². The molecule has 11 heavy (non-hydrogen) atoms. The van der Waals surface area contributed by atoms with Gasteiger partial charge in [-0.1, -0.05) is 20.8 Å². The fourth-order valence-corrected chi connectivity index (χ4v) is 0.936. The Hall–Kier alpha value is 0.124. The second kappa shape index (κ2) is 4.22. The summed E-state index contributed by atoms with van der Waals surface area (Å²) in [4.78, 5) is 0. The van der Waals surface area contributed by atoms with Crippen molar-refractivity contribution in [2.75, 3.05) is 0 Å². The summed E-state index contributed by atoms with van der Waals surface area (Å²) >= 11 is 0. The summed E-state index contributed by atoms with van der Waals surface area (Å²) in [5, 5.41) is 9.23. The number of benzene rings is 1. The third-order valence-electron chi connectivity index (χ3n) is 1.70. The van der Waals surface area contributed by atoms with Crippen molar-refractivity contribution in [1.82, 2.24) is 0 Å². The van der Waals surface area contributed by atoms with Gasteiger partial charge in [0, 0.05) is 5.75 Å². The predicted octanol–water partition coefficient (Wildman–Crippen LogP) is 2.12. The van der Waals surface area contributed by atoms with Gasteiger partial charge >= 0.3 is 32.7 Å². The van der Waals surface area contributed by atoms with E-state index in [1.54, 1.807) is 0 Å². The van der Waals surface area contributed by atoms with Crippen LogP contribution in [0.1, 0.15) is 16.7 Å². The zero-order valence-corrected chi connectivity index (χ0v) is 9.94. The monoisotopic (exact) mass is 224 g/mol. The van der Waals surface area contributed by atoms with Crippen LogP contribution >= 0.6 is 0 Å². The molecule has 0 radical (unpaired) electrons. The summed E-state index contributed by atoms with van der Waals surface area (Å²) in [5.74, 6) is 0.275. The quantitative estimate of drug-likeness (QED) is 0.669. The molecule has 0 bridgehead atoms. The molecule has 0 heterocycles. The first-order valence-electron chi connectivity index (χ1n) is 3.30. The average Bonchev–Trinajstić information content (AvgIpc) is 1.82. The van der Waals surface area contributed by atoms with Gasteiger partial charge in [0.05, 0.1) is 0 Å². The molecule has 0 amide bonds. The Kier molecular flexibility index (Phi) is 4.27. The Morgan fingerprint density at radius 2 is 1.82 bits per heavy atom. The van der Waals surface area contributed by atoms with Gasteiger partial charge in [0.15, 0.2) is 0 Å². The van der Waals surface area contributed by atoms with Gasteiger partial charge in [0.1, 0.15) is 0 Å². The topological polar surface area (TPSA) is 20.2 Å². The molecule has 1 aromatic rings. The van der Waals surface area contributed by atoms with E-state index in [9.17, 15) is 5.11 Å². The third-order valence-corrected chi connectivity index (χ3v) is 1.70. The molecule has 0 aliphatic rings. The number of aromatic hydroxyl groups is 1. The third kappa shape index (κ3) is 2.57. The number of phenolic OH excluding ortho intramolecular Hbond substituents is 1. The van der Waals surface area contributed by atoms with E-state index in [0.717, 1.165) is 16.7 Å². The van der Waals surface area contributed by atoms with Crippen LogP contribution in [0.4, 0.5) is 0 Å². The molecule has 0 aliphatic heterocycles. The summed E-state index contributed by atoms with van der Waals surface area (Å²) in [6.07, 6.45) is 0. The molecule has 0 saturated heterocycles. The van der Waals surface area contributed by atoms with Crippen LogP contribution in [0.2, 0.25) is 0 Å². The fraction of sp³-hybridized carbons (Fsp3) is 0.333. The molecule has 0 unspecified atom stereocenters.